The Hall–Kier alpha value is -3.02. The van der Waals surface area contributed by atoms with E-state index in [2.05, 4.69) is 0 Å². The Morgan fingerprint density at radius 1 is 1.09 bits per heavy atom. The van der Waals surface area contributed by atoms with Gasteiger partial charge in [-0.2, -0.15) is 0 Å². The fourth-order valence-electron chi connectivity index (χ4n) is 2.02. The molecule has 120 valence electrons. The monoisotopic (exact) mass is 315 g/mol. The number of nitro groups is 1. The summed E-state index contributed by atoms with van der Waals surface area (Å²) in [6.45, 7) is 0.359. The van der Waals surface area contributed by atoms with Gasteiger partial charge in [-0.05, 0) is 23.3 Å². The van der Waals surface area contributed by atoms with Gasteiger partial charge in [-0.1, -0.05) is 30.3 Å². The molecule has 2 aromatic rings. The molecule has 0 aliphatic rings. The van der Waals surface area contributed by atoms with Crippen LogP contribution in [0.25, 0.3) is 6.08 Å². The number of ether oxygens (including phenoxy) is 3. The zero-order valence-corrected chi connectivity index (χ0v) is 12.9. The molecule has 0 heterocycles. The predicted molar refractivity (Wildman–Crippen MR) is 86.3 cm³/mol. The highest BCUT2D eigenvalue weighted by molar-refractivity contribution is 5.61. The number of benzene rings is 2. The van der Waals surface area contributed by atoms with Crippen LogP contribution in [-0.4, -0.2) is 19.1 Å². The summed E-state index contributed by atoms with van der Waals surface area (Å²) in [6, 6.07) is 13.0. The number of hydrogen-bond acceptors (Lipinski definition) is 5. The van der Waals surface area contributed by atoms with Crippen LogP contribution in [0.3, 0.4) is 0 Å². The lowest BCUT2D eigenvalue weighted by Crippen LogP contribution is -2.00. The number of methoxy groups -OCH3 is 2. The first kappa shape index (κ1) is 16.4. The molecular formula is C17H17NO5. The standard InChI is InChI=1S/C17H17NO5/c1-21-15-10-14(8-9-18(19)20)11-16(22-2)17(15)23-12-13-6-4-3-5-7-13/h3-11H,12H2,1-2H3/b9-8+. The van der Waals surface area contributed by atoms with E-state index < -0.39 is 4.92 Å². The predicted octanol–water partition coefficient (Wildman–Crippen LogP) is 3.53. The van der Waals surface area contributed by atoms with Gasteiger partial charge in [-0.25, -0.2) is 0 Å². The van der Waals surface area contributed by atoms with Gasteiger partial charge >= 0.3 is 0 Å². The molecule has 0 bridgehead atoms. The summed E-state index contributed by atoms with van der Waals surface area (Å²) in [5.74, 6) is 1.35. The summed E-state index contributed by atoms with van der Waals surface area (Å²) in [7, 11) is 3.01. The topological polar surface area (TPSA) is 70.8 Å². The number of hydrogen-bond donors (Lipinski definition) is 0. The Labute approximate surface area is 134 Å². The molecule has 6 nitrogen and oxygen atoms in total. The van der Waals surface area contributed by atoms with Crippen molar-refractivity contribution in [3.05, 3.63) is 69.9 Å². The molecule has 0 radical (unpaired) electrons. The van der Waals surface area contributed by atoms with Crippen molar-refractivity contribution in [3.63, 3.8) is 0 Å². The first-order chi connectivity index (χ1) is 11.1. The third kappa shape index (κ3) is 4.47. The Balaban J connectivity index is 2.28. The molecule has 0 aromatic heterocycles. The van der Waals surface area contributed by atoms with E-state index in [1.807, 2.05) is 30.3 Å². The van der Waals surface area contributed by atoms with Crippen LogP contribution in [0, 0.1) is 10.1 Å². The summed E-state index contributed by atoms with van der Waals surface area (Å²) in [5.41, 5.74) is 1.59. The van der Waals surface area contributed by atoms with Crippen molar-refractivity contribution in [3.8, 4) is 17.2 Å². The molecule has 6 heteroatoms. The van der Waals surface area contributed by atoms with Crippen molar-refractivity contribution in [1.82, 2.24) is 0 Å². The van der Waals surface area contributed by atoms with Crippen LogP contribution in [-0.2, 0) is 6.61 Å². The molecule has 23 heavy (non-hydrogen) atoms. The first-order valence-electron chi connectivity index (χ1n) is 6.88. The quantitative estimate of drug-likeness (QED) is 0.577. The summed E-state index contributed by atoms with van der Waals surface area (Å²) in [5, 5.41) is 10.4. The second-order valence-electron chi connectivity index (χ2n) is 4.63. The van der Waals surface area contributed by atoms with Crippen molar-refractivity contribution < 1.29 is 19.1 Å². The second-order valence-corrected chi connectivity index (χ2v) is 4.63. The first-order valence-corrected chi connectivity index (χ1v) is 6.88. The SMILES string of the molecule is COc1cc(/C=C/[N+](=O)[O-])cc(OC)c1OCc1ccccc1. The summed E-state index contributed by atoms with van der Waals surface area (Å²) in [4.78, 5) is 9.91. The average molecular weight is 315 g/mol. The molecule has 0 fully saturated rings. The third-order valence-electron chi connectivity index (χ3n) is 3.10. The van der Waals surface area contributed by atoms with E-state index >= 15 is 0 Å². The van der Waals surface area contributed by atoms with Gasteiger partial charge < -0.3 is 14.2 Å². The lowest BCUT2D eigenvalue weighted by Gasteiger charge is -2.15. The fraction of sp³-hybridized carbons (Fsp3) is 0.176. The van der Waals surface area contributed by atoms with Gasteiger partial charge in [0.1, 0.15) is 6.61 Å². The lowest BCUT2D eigenvalue weighted by molar-refractivity contribution is -0.400. The molecule has 2 aromatic carbocycles. The van der Waals surface area contributed by atoms with Crippen LogP contribution in [0.15, 0.2) is 48.7 Å². The lowest BCUT2D eigenvalue weighted by atomic mass is 10.1. The van der Waals surface area contributed by atoms with Gasteiger partial charge in [-0.3, -0.25) is 10.1 Å². The Kier molecular flexibility index (Phi) is 5.57. The van der Waals surface area contributed by atoms with E-state index in [4.69, 9.17) is 14.2 Å². The maximum absolute atomic E-state index is 10.4. The van der Waals surface area contributed by atoms with E-state index in [0.29, 0.717) is 29.4 Å². The van der Waals surface area contributed by atoms with Gasteiger partial charge in [0.15, 0.2) is 11.5 Å². The second kappa shape index (κ2) is 7.84. The highest BCUT2D eigenvalue weighted by Crippen LogP contribution is 2.39. The molecule has 0 unspecified atom stereocenters. The Bertz CT molecular complexity index is 672. The van der Waals surface area contributed by atoms with E-state index in [9.17, 15) is 10.1 Å². The van der Waals surface area contributed by atoms with Crippen LogP contribution >= 0.6 is 0 Å². The molecule has 0 atom stereocenters. The molecule has 0 spiro atoms. The van der Waals surface area contributed by atoms with Crippen LogP contribution < -0.4 is 14.2 Å². The highest BCUT2D eigenvalue weighted by Gasteiger charge is 2.14. The molecule has 0 aliphatic heterocycles. The van der Waals surface area contributed by atoms with Crippen molar-refractivity contribution in [2.75, 3.05) is 14.2 Å². The van der Waals surface area contributed by atoms with E-state index in [1.165, 1.54) is 20.3 Å². The normalized spacial score (nSPS) is 10.5. The smallest absolute Gasteiger partial charge is 0.235 e. The van der Waals surface area contributed by atoms with Crippen LogP contribution in [0.4, 0.5) is 0 Å². The molecule has 0 saturated heterocycles. The minimum Gasteiger partial charge on any atom is -0.493 e. The maximum atomic E-state index is 10.4. The number of nitrogens with zero attached hydrogens (tertiary/aromatic N) is 1. The fourth-order valence-corrected chi connectivity index (χ4v) is 2.02. The summed E-state index contributed by atoms with van der Waals surface area (Å²) in [6.07, 6.45) is 2.23. The minimum absolute atomic E-state index is 0.359. The van der Waals surface area contributed by atoms with E-state index in [0.717, 1.165) is 11.8 Å². The van der Waals surface area contributed by atoms with Gasteiger partial charge in [0, 0.05) is 6.08 Å². The molecule has 0 aliphatic carbocycles. The zero-order chi connectivity index (χ0) is 16.7. The third-order valence-corrected chi connectivity index (χ3v) is 3.10. The van der Waals surface area contributed by atoms with Gasteiger partial charge in [0.2, 0.25) is 11.9 Å². The van der Waals surface area contributed by atoms with Gasteiger partial charge in [-0.15, -0.1) is 0 Å². The number of rotatable bonds is 7. The van der Waals surface area contributed by atoms with Crippen molar-refractivity contribution in [2.24, 2.45) is 0 Å². The summed E-state index contributed by atoms with van der Waals surface area (Å²) >= 11 is 0. The zero-order valence-electron chi connectivity index (χ0n) is 12.9. The Morgan fingerprint density at radius 3 is 2.22 bits per heavy atom. The van der Waals surface area contributed by atoms with Crippen LogP contribution in [0.1, 0.15) is 11.1 Å². The largest absolute Gasteiger partial charge is 0.493 e. The van der Waals surface area contributed by atoms with Gasteiger partial charge in [0.05, 0.1) is 19.1 Å². The minimum atomic E-state index is -0.529. The average Bonchev–Trinajstić information content (AvgIpc) is 2.58. The Morgan fingerprint density at radius 2 is 1.70 bits per heavy atom. The molecule has 0 saturated carbocycles. The highest BCUT2D eigenvalue weighted by atomic mass is 16.6. The van der Waals surface area contributed by atoms with E-state index in [1.54, 1.807) is 12.1 Å². The van der Waals surface area contributed by atoms with Crippen molar-refractivity contribution in [2.45, 2.75) is 6.61 Å². The van der Waals surface area contributed by atoms with Crippen molar-refractivity contribution >= 4 is 6.08 Å². The van der Waals surface area contributed by atoms with Crippen molar-refractivity contribution in [1.29, 1.82) is 0 Å². The summed E-state index contributed by atoms with van der Waals surface area (Å²) < 4.78 is 16.4. The maximum Gasteiger partial charge on any atom is 0.235 e. The van der Waals surface area contributed by atoms with E-state index in [-0.39, 0.29) is 0 Å². The molecular weight excluding hydrogens is 298 g/mol. The molecule has 0 amide bonds. The van der Waals surface area contributed by atoms with Crippen LogP contribution in [0.5, 0.6) is 17.2 Å². The van der Waals surface area contributed by atoms with Gasteiger partial charge in [0.25, 0.3) is 0 Å². The van der Waals surface area contributed by atoms with Crippen LogP contribution in [0.2, 0.25) is 0 Å². The molecule has 0 N–H and O–H groups in total. The molecule has 2 rings (SSSR count).